The van der Waals surface area contributed by atoms with Gasteiger partial charge in [-0.1, -0.05) is 12.1 Å². The van der Waals surface area contributed by atoms with Crippen LogP contribution in [0.4, 0.5) is 0 Å². The number of para-hydroxylation sites is 1. The lowest BCUT2D eigenvalue weighted by atomic mass is 10.0. The number of hydrogen-bond acceptors (Lipinski definition) is 2. The third kappa shape index (κ3) is 2.59. The Hall–Kier alpha value is -2.30. The number of benzene rings is 1. The Balaban J connectivity index is 2.21. The highest BCUT2D eigenvalue weighted by Crippen LogP contribution is 2.17. The van der Waals surface area contributed by atoms with Crippen molar-refractivity contribution in [3.63, 3.8) is 0 Å². The average Bonchev–Trinajstić information content (AvgIpc) is 2.85. The molecule has 3 N–H and O–H groups in total. The summed E-state index contributed by atoms with van der Waals surface area (Å²) in [5.41, 5.74) is 1.28. The van der Waals surface area contributed by atoms with Crippen LogP contribution in [0.2, 0.25) is 0 Å². The summed E-state index contributed by atoms with van der Waals surface area (Å²) in [4.78, 5) is 26.1. The number of nitrogens with one attached hydrogen (secondary N) is 2. The lowest BCUT2D eigenvalue weighted by molar-refractivity contribution is -0.141. The summed E-state index contributed by atoms with van der Waals surface area (Å²) in [6.45, 7) is 3.26. The molecule has 0 saturated heterocycles. The molecular weight excluding hydrogens is 244 g/mol. The first kappa shape index (κ1) is 13.1. The highest BCUT2D eigenvalue weighted by Gasteiger charge is 2.22. The normalized spacial score (nSPS) is 14.0. The molecule has 5 nitrogen and oxygen atoms in total. The van der Waals surface area contributed by atoms with E-state index in [2.05, 4.69) is 10.3 Å². The second-order valence-corrected chi connectivity index (χ2v) is 4.64. The Morgan fingerprint density at radius 2 is 2.00 bits per heavy atom. The molecule has 0 spiro atoms. The first-order valence-corrected chi connectivity index (χ1v) is 6.10. The van der Waals surface area contributed by atoms with Crippen molar-refractivity contribution in [2.45, 2.75) is 19.9 Å². The molecule has 0 aliphatic rings. The summed E-state index contributed by atoms with van der Waals surface area (Å²) < 4.78 is 0. The van der Waals surface area contributed by atoms with Gasteiger partial charge < -0.3 is 15.4 Å². The van der Waals surface area contributed by atoms with Crippen LogP contribution in [-0.4, -0.2) is 28.0 Å². The fourth-order valence-electron chi connectivity index (χ4n) is 1.90. The number of fused-ring (bicyclic) bond motifs is 1. The van der Waals surface area contributed by atoms with Crippen LogP contribution in [0.5, 0.6) is 0 Å². The number of carboxylic acids is 1. The van der Waals surface area contributed by atoms with Gasteiger partial charge in [-0.15, -0.1) is 0 Å². The molecule has 1 aromatic heterocycles. The van der Waals surface area contributed by atoms with Gasteiger partial charge in [-0.25, -0.2) is 0 Å². The molecule has 1 amide bonds. The first-order valence-electron chi connectivity index (χ1n) is 6.10. The molecule has 2 unspecified atom stereocenters. The van der Waals surface area contributed by atoms with E-state index in [1.165, 1.54) is 0 Å². The van der Waals surface area contributed by atoms with E-state index in [0.29, 0.717) is 5.56 Å². The largest absolute Gasteiger partial charge is 0.481 e. The van der Waals surface area contributed by atoms with Crippen molar-refractivity contribution in [3.05, 3.63) is 36.0 Å². The van der Waals surface area contributed by atoms with Crippen LogP contribution in [0.15, 0.2) is 30.5 Å². The number of carboxylic acid groups (broad SMARTS) is 1. The molecule has 100 valence electrons. The second kappa shape index (κ2) is 5.14. The third-order valence-electron chi connectivity index (χ3n) is 3.33. The number of amides is 1. The number of carbonyl (C=O) groups excluding carboxylic acids is 1. The zero-order chi connectivity index (χ0) is 14.0. The minimum absolute atomic E-state index is 0.270. The minimum Gasteiger partial charge on any atom is -0.481 e. The van der Waals surface area contributed by atoms with Crippen molar-refractivity contribution < 1.29 is 14.7 Å². The molecule has 0 fully saturated rings. The quantitative estimate of drug-likeness (QED) is 0.786. The van der Waals surface area contributed by atoms with E-state index in [0.717, 1.165) is 10.9 Å². The van der Waals surface area contributed by atoms with Gasteiger partial charge in [0, 0.05) is 17.6 Å². The Morgan fingerprint density at radius 3 is 2.68 bits per heavy atom. The maximum Gasteiger partial charge on any atom is 0.308 e. The monoisotopic (exact) mass is 260 g/mol. The number of rotatable bonds is 4. The van der Waals surface area contributed by atoms with Gasteiger partial charge in [0.05, 0.1) is 17.0 Å². The van der Waals surface area contributed by atoms with Crippen LogP contribution in [0.3, 0.4) is 0 Å². The van der Waals surface area contributed by atoms with E-state index in [9.17, 15) is 9.59 Å². The zero-order valence-electron chi connectivity index (χ0n) is 10.8. The molecule has 2 atom stereocenters. The van der Waals surface area contributed by atoms with Gasteiger partial charge in [-0.2, -0.15) is 0 Å². The number of aliphatic carboxylic acids is 1. The SMILES string of the molecule is CC(NC(=O)c1cccc2cc[nH]c12)C(C)C(=O)O. The van der Waals surface area contributed by atoms with E-state index in [1.807, 2.05) is 12.1 Å². The smallest absolute Gasteiger partial charge is 0.308 e. The molecular formula is C14H16N2O3. The van der Waals surface area contributed by atoms with Gasteiger partial charge in [0.2, 0.25) is 0 Å². The van der Waals surface area contributed by atoms with Crippen molar-refractivity contribution >= 4 is 22.8 Å². The Labute approximate surface area is 110 Å². The Kier molecular flexibility index (Phi) is 3.55. The van der Waals surface area contributed by atoms with Crippen LogP contribution in [-0.2, 0) is 4.79 Å². The van der Waals surface area contributed by atoms with Gasteiger partial charge in [0.1, 0.15) is 0 Å². The van der Waals surface area contributed by atoms with Gasteiger partial charge in [-0.3, -0.25) is 9.59 Å². The molecule has 1 heterocycles. The summed E-state index contributed by atoms with van der Waals surface area (Å²) in [5.74, 6) is -1.83. The van der Waals surface area contributed by atoms with Crippen LogP contribution in [0.1, 0.15) is 24.2 Å². The van der Waals surface area contributed by atoms with Gasteiger partial charge >= 0.3 is 5.97 Å². The van der Waals surface area contributed by atoms with Gasteiger partial charge in [0.15, 0.2) is 0 Å². The molecule has 0 aliphatic heterocycles. The number of hydrogen-bond donors (Lipinski definition) is 3. The van der Waals surface area contributed by atoms with Crippen LogP contribution < -0.4 is 5.32 Å². The number of aromatic amines is 1. The molecule has 1 aromatic carbocycles. The predicted molar refractivity (Wildman–Crippen MR) is 72.0 cm³/mol. The van der Waals surface area contributed by atoms with Crippen molar-refractivity contribution in [1.82, 2.24) is 10.3 Å². The zero-order valence-corrected chi connectivity index (χ0v) is 10.8. The van der Waals surface area contributed by atoms with E-state index in [1.54, 1.807) is 32.2 Å². The van der Waals surface area contributed by atoms with E-state index < -0.39 is 17.9 Å². The first-order chi connectivity index (χ1) is 9.00. The summed E-state index contributed by atoms with van der Waals surface area (Å²) in [6, 6.07) is 6.87. The topological polar surface area (TPSA) is 82.2 Å². The standard InChI is InChI=1S/C14H16N2O3/c1-8(14(18)19)9(2)16-13(17)11-5-3-4-10-6-7-15-12(10)11/h3-9,15H,1-2H3,(H,16,17)(H,18,19). The van der Waals surface area contributed by atoms with E-state index >= 15 is 0 Å². The lowest BCUT2D eigenvalue weighted by Gasteiger charge is -2.17. The summed E-state index contributed by atoms with van der Waals surface area (Å²) in [5, 5.41) is 12.6. The number of carbonyl (C=O) groups is 2. The summed E-state index contributed by atoms with van der Waals surface area (Å²) in [7, 11) is 0. The number of aromatic nitrogens is 1. The summed E-state index contributed by atoms with van der Waals surface area (Å²) >= 11 is 0. The molecule has 0 saturated carbocycles. The molecule has 19 heavy (non-hydrogen) atoms. The number of H-pyrrole nitrogens is 1. The maximum absolute atomic E-state index is 12.2. The highest BCUT2D eigenvalue weighted by atomic mass is 16.4. The van der Waals surface area contributed by atoms with Crippen LogP contribution in [0.25, 0.3) is 10.9 Å². The molecule has 0 radical (unpaired) electrons. The fourth-order valence-corrected chi connectivity index (χ4v) is 1.90. The maximum atomic E-state index is 12.2. The average molecular weight is 260 g/mol. The molecule has 5 heteroatoms. The Bertz CT molecular complexity index is 618. The van der Waals surface area contributed by atoms with E-state index in [-0.39, 0.29) is 5.91 Å². The predicted octanol–water partition coefficient (Wildman–Crippen LogP) is 2.01. The van der Waals surface area contributed by atoms with E-state index in [4.69, 9.17) is 5.11 Å². The Morgan fingerprint density at radius 1 is 1.26 bits per heavy atom. The van der Waals surface area contributed by atoms with Crippen molar-refractivity contribution in [3.8, 4) is 0 Å². The highest BCUT2D eigenvalue weighted by molar-refractivity contribution is 6.05. The molecule has 2 aromatic rings. The molecule has 0 bridgehead atoms. The fraction of sp³-hybridized carbons (Fsp3) is 0.286. The minimum atomic E-state index is -0.925. The third-order valence-corrected chi connectivity index (χ3v) is 3.33. The van der Waals surface area contributed by atoms with Crippen LogP contribution in [0, 0.1) is 5.92 Å². The van der Waals surface area contributed by atoms with Gasteiger partial charge in [-0.05, 0) is 26.0 Å². The second-order valence-electron chi connectivity index (χ2n) is 4.64. The summed E-state index contributed by atoms with van der Waals surface area (Å²) in [6.07, 6.45) is 1.77. The van der Waals surface area contributed by atoms with Crippen molar-refractivity contribution in [2.24, 2.45) is 5.92 Å². The molecule has 2 rings (SSSR count). The lowest BCUT2D eigenvalue weighted by Crippen LogP contribution is -2.40. The van der Waals surface area contributed by atoms with Gasteiger partial charge in [0.25, 0.3) is 5.91 Å². The molecule has 0 aliphatic carbocycles. The van der Waals surface area contributed by atoms with Crippen molar-refractivity contribution in [1.29, 1.82) is 0 Å². The van der Waals surface area contributed by atoms with Crippen molar-refractivity contribution in [2.75, 3.05) is 0 Å². The van der Waals surface area contributed by atoms with Crippen LogP contribution >= 0.6 is 0 Å².